The highest BCUT2D eigenvalue weighted by atomic mass is 32.1. The summed E-state index contributed by atoms with van der Waals surface area (Å²) in [6.07, 6.45) is 1.83. The van der Waals surface area contributed by atoms with Crippen LogP contribution in [0.1, 0.15) is 47.7 Å². The number of rotatable bonds is 7. The van der Waals surface area contributed by atoms with E-state index in [4.69, 9.17) is 4.74 Å². The van der Waals surface area contributed by atoms with Crippen molar-refractivity contribution >= 4 is 23.6 Å². The van der Waals surface area contributed by atoms with Gasteiger partial charge in [0.05, 0.1) is 17.7 Å². The van der Waals surface area contributed by atoms with Crippen molar-refractivity contribution in [1.82, 2.24) is 9.27 Å². The second-order valence-corrected chi connectivity index (χ2v) is 8.03. The average molecular weight is 419 g/mol. The molecule has 1 aromatic heterocycles. The maximum absolute atomic E-state index is 9.79. The number of nitriles is 1. The number of benzene rings is 2. The summed E-state index contributed by atoms with van der Waals surface area (Å²) in [6.45, 7) is 9.03. The quantitative estimate of drug-likeness (QED) is 0.339. The zero-order valence-corrected chi connectivity index (χ0v) is 18.8. The highest BCUT2D eigenvalue weighted by molar-refractivity contribution is 7.08. The monoisotopic (exact) mass is 418 g/mol. The largest absolute Gasteiger partial charge is 0.443 e. The lowest BCUT2D eigenvalue weighted by Gasteiger charge is -2.12. The number of aromatic nitrogens is 1. The molecular formula is C24H26N4OS. The van der Waals surface area contributed by atoms with Gasteiger partial charge in [0, 0.05) is 31.0 Å². The summed E-state index contributed by atoms with van der Waals surface area (Å²) < 4.78 is 10.7. The van der Waals surface area contributed by atoms with Crippen LogP contribution in [-0.4, -0.2) is 29.2 Å². The molecule has 30 heavy (non-hydrogen) atoms. The zero-order valence-electron chi connectivity index (χ0n) is 18.0. The van der Waals surface area contributed by atoms with E-state index in [0.29, 0.717) is 10.6 Å². The van der Waals surface area contributed by atoms with E-state index in [1.54, 1.807) is 0 Å². The number of ether oxygens (including phenoxy) is 1. The third-order valence-electron chi connectivity index (χ3n) is 5.10. The van der Waals surface area contributed by atoms with Gasteiger partial charge < -0.3 is 9.64 Å². The number of aryl methyl sites for hydroxylation is 2. The van der Waals surface area contributed by atoms with Crippen LogP contribution in [0, 0.1) is 25.2 Å². The van der Waals surface area contributed by atoms with Gasteiger partial charge in [-0.05, 0) is 49.6 Å². The molecular weight excluding hydrogens is 392 g/mol. The van der Waals surface area contributed by atoms with E-state index in [-0.39, 0.29) is 5.92 Å². The van der Waals surface area contributed by atoms with Crippen molar-refractivity contribution in [3.05, 3.63) is 70.4 Å². The van der Waals surface area contributed by atoms with E-state index < -0.39 is 0 Å². The zero-order chi connectivity index (χ0) is 21.7. The number of hydrogen-bond donors (Lipinski definition) is 0. The molecule has 0 N–H and O–H groups in total. The minimum atomic E-state index is 0.0181. The molecule has 0 amide bonds. The molecule has 154 valence electrons. The summed E-state index contributed by atoms with van der Waals surface area (Å²) in [7, 11) is 1.99. The van der Waals surface area contributed by atoms with E-state index in [0.717, 1.165) is 40.4 Å². The summed E-state index contributed by atoms with van der Waals surface area (Å²) >= 11 is 1.22. The minimum absolute atomic E-state index is 0.0181. The third kappa shape index (κ3) is 4.69. The average Bonchev–Trinajstić information content (AvgIpc) is 3.17. The molecule has 0 aliphatic rings. The third-order valence-corrected chi connectivity index (χ3v) is 5.84. The molecule has 3 aromatic rings. The van der Waals surface area contributed by atoms with Gasteiger partial charge in [-0.3, -0.25) is 0 Å². The van der Waals surface area contributed by atoms with Gasteiger partial charge in [0.2, 0.25) is 5.06 Å². The molecule has 1 unspecified atom stereocenters. The first-order valence-electron chi connectivity index (χ1n) is 9.92. The Hall–Kier alpha value is -3.17. The minimum Gasteiger partial charge on any atom is -0.443 e. The normalized spacial score (nSPS) is 12.0. The second kappa shape index (κ2) is 9.55. The van der Waals surface area contributed by atoms with Gasteiger partial charge in [0.15, 0.2) is 0 Å². The molecule has 0 saturated carbocycles. The Bertz CT molecular complexity index is 1080. The fourth-order valence-electron chi connectivity index (χ4n) is 3.02. The van der Waals surface area contributed by atoms with Crippen molar-refractivity contribution in [3.8, 4) is 16.9 Å². The van der Waals surface area contributed by atoms with Crippen molar-refractivity contribution < 1.29 is 4.74 Å². The smallest absolute Gasteiger partial charge is 0.218 e. The van der Waals surface area contributed by atoms with Gasteiger partial charge in [-0.2, -0.15) is 9.64 Å². The lowest BCUT2D eigenvalue weighted by Crippen LogP contribution is -2.14. The lowest BCUT2D eigenvalue weighted by molar-refractivity contribution is 0.490. The first-order valence-corrected chi connectivity index (χ1v) is 10.7. The number of hydrogen-bond acceptors (Lipinski definition) is 5. The summed E-state index contributed by atoms with van der Waals surface area (Å²) in [5.74, 6) is 0.735. The molecule has 3 rings (SSSR count). The van der Waals surface area contributed by atoms with Crippen LogP contribution in [0.4, 0.5) is 5.69 Å². The predicted octanol–water partition coefficient (Wildman–Crippen LogP) is 6.19. The molecule has 0 fully saturated rings. The molecule has 2 aromatic carbocycles. The second-order valence-electron chi connectivity index (χ2n) is 7.30. The van der Waals surface area contributed by atoms with Crippen LogP contribution in [0.3, 0.4) is 0 Å². The molecule has 1 atom stereocenters. The van der Waals surface area contributed by atoms with Crippen molar-refractivity contribution in [2.24, 2.45) is 4.99 Å². The maximum Gasteiger partial charge on any atom is 0.218 e. The van der Waals surface area contributed by atoms with Crippen molar-refractivity contribution in [3.63, 3.8) is 0 Å². The Balaban J connectivity index is 1.88. The van der Waals surface area contributed by atoms with Crippen molar-refractivity contribution in [2.75, 3.05) is 13.6 Å². The molecule has 0 aliphatic heterocycles. The first-order chi connectivity index (χ1) is 14.4. The number of nitrogens with zero attached hydrogens (tertiary/aromatic N) is 4. The molecule has 0 bridgehead atoms. The van der Waals surface area contributed by atoms with Gasteiger partial charge in [-0.15, -0.1) is 0 Å². The Labute approximate surface area is 182 Å². The SMILES string of the molecule is CCN(C)C=Nc1cc(C)c(Oc2snc(C(C)c3ccccc3)c2C#N)cc1C. The Morgan fingerprint density at radius 1 is 1.23 bits per heavy atom. The highest BCUT2D eigenvalue weighted by Crippen LogP contribution is 2.39. The van der Waals surface area contributed by atoms with Crippen molar-refractivity contribution in [2.45, 2.75) is 33.6 Å². The molecule has 0 saturated heterocycles. The van der Waals surface area contributed by atoms with Crippen LogP contribution < -0.4 is 4.74 Å². The van der Waals surface area contributed by atoms with Crippen LogP contribution in [-0.2, 0) is 0 Å². The summed E-state index contributed by atoms with van der Waals surface area (Å²) in [5, 5.41) is 10.3. The standard InChI is InChI=1S/C24H26N4OS/c1-6-28(5)15-26-21-12-17(3)22(13-16(21)2)29-24-20(14-25)23(27-30-24)18(4)19-10-8-7-9-11-19/h7-13,15,18H,6H2,1-5H3. The Kier molecular flexibility index (Phi) is 6.86. The number of aliphatic imine (C=N–C) groups is 1. The van der Waals surface area contributed by atoms with Gasteiger partial charge in [0.25, 0.3) is 0 Å². The molecule has 1 heterocycles. The molecule has 6 heteroatoms. The van der Waals surface area contributed by atoms with E-state index in [2.05, 4.69) is 41.4 Å². The van der Waals surface area contributed by atoms with Crippen LogP contribution in [0.5, 0.6) is 10.8 Å². The van der Waals surface area contributed by atoms with E-state index >= 15 is 0 Å². The Morgan fingerprint density at radius 3 is 2.63 bits per heavy atom. The Morgan fingerprint density at radius 2 is 1.97 bits per heavy atom. The van der Waals surface area contributed by atoms with E-state index in [1.165, 1.54) is 11.5 Å². The lowest BCUT2D eigenvalue weighted by atomic mass is 9.95. The van der Waals surface area contributed by atoms with Gasteiger partial charge in [-0.25, -0.2) is 4.99 Å². The summed E-state index contributed by atoms with van der Waals surface area (Å²) in [6, 6.07) is 16.3. The van der Waals surface area contributed by atoms with Crippen LogP contribution in [0.25, 0.3) is 0 Å². The fourth-order valence-corrected chi connectivity index (χ4v) is 3.82. The van der Waals surface area contributed by atoms with Crippen LogP contribution in [0.15, 0.2) is 47.5 Å². The van der Waals surface area contributed by atoms with E-state index in [1.807, 2.05) is 62.5 Å². The highest BCUT2D eigenvalue weighted by Gasteiger charge is 2.22. The van der Waals surface area contributed by atoms with Crippen LogP contribution in [0.2, 0.25) is 0 Å². The summed E-state index contributed by atoms with van der Waals surface area (Å²) in [5.41, 5.74) is 5.25. The van der Waals surface area contributed by atoms with Crippen LogP contribution >= 0.6 is 11.5 Å². The van der Waals surface area contributed by atoms with Gasteiger partial charge in [-0.1, -0.05) is 37.3 Å². The molecule has 5 nitrogen and oxygen atoms in total. The first kappa shape index (κ1) is 21.5. The summed E-state index contributed by atoms with van der Waals surface area (Å²) in [4.78, 5) is 6.58. The fraction of sp³-hybridized carbons (Fsp3) is 0.292. The van der Waals surface area contributed by atoms with Gasteiger partial charge >= 0.3 is 0 Å². The maximum atomic E-state index is 9.79. The van der Waals surface area contributed by atoms with E-state index in [9.17, 15) is 5.26 Å². The topological polar surface area (TPSA) is 61.5 Å². The van der Waals surface area contributed by atoms with Gasteiger partial charge in [0.1, 0.15) is 17.4 Å². The molecule has 0 aliphatic carbocycles. The van der Waals surface area contributed by atoms with Crippen molar-refractivity contribution in [1.29, 1.82) is 5.26 Å². The molecule has 0 radical (unpaired) electrons. The molecule has 0 spiro atoms. The predicted molar refractivity (Wildman–Crippen MR) is 123 cm³/mol.